The lowest BCUT2D eigenvalue weighted by atomic mass is 9.69. The quantitative estimate of drug-likeness (QED) is 0.840. The SMILES string of the molecule is Cc1ccccc1C1(CC(=O)O)CCNCC1. The van der Waals surface area contributed by atoms with E-state index in [2.05, 4.69) is 24.4 Å². The molecular formula is C14H19NO2. The Labute approximate surface area is 102 Å². The maximum Gasteiger partial charge on any atom is 0.304 e. The number of nitrogens with one attached hydrogen (secondary N) is 1. The molecule has 1 heterocycles. The molecule has 3 heteroatoms. The van der Waals surface area contributed by atoms with Gasteiger partial charge < -0.3 is 10.4 Å². The standard InChI is InChI=1S/C14H19NO2/c1-11-4-2-3-5-12(11)14(10-13(16)17)6-8-15-9-7-14/h2-5,15H,6-10H2,1H3,(H,16,17). The number of hydrogen-bond donors (Lipinski definition) is 2. The highest BCUT2D eigenvalue weighted by atomic mass is 16.4. The summed E-state index contributed by atoms with van der Waals surface area (Å²) in [5.41, 5.74) is 2.24. The van der Waals surface area contributed by atoms with Gasteiger partial charge in [-0.1, -0.05) is 24.3 Å². The van der Waals surface area contributed by atoms with E-state index in [9.17, 15) is 4.79 Å². The number of aliphatic carboxylic acids is 1. The highest BCUT2D eigenvalue weighted by Crippen LogP contribution is 2.38. The van der Waals surface area contributed by atoms with Gasteiger partial charge in [-0.15, -0.1) is 0 Å². The van der Waals surface area contributed by atoms with Crippen molar-refractivity contribution < 1.29 is 9.90 Å². The third kappa shape index (κ3) is 2.50. The summed E-state index contributed by atoms with van der Waals surface area (Å²) in [5.74, 6) is -0.699. The van der Waals surface area contributed by atoms with Gasteiger partial charge in [0.2, 0.25) is 0 Å². The second-order valence-corrected chi connectivity index (χ2v) is 4.92. The molecule has 0 unspecified atom stereocenters. The van der Waals surface area contributed by atoms with Crippen molar-refractivity contribution >= 4 is 5.97 Å². The molecule has 0 amide bonds. The summed E-state index contributed by atoms with van der Waals surface area (Å²) < 4.78 is 0. The van der Waals surface area contributed by atoms with E-state index in [0.29, 0.717) is 0 Å². The molecule has 0 bridgehead atoms. The molecule has 1 aromatic carbocycles. The molecule has 1 saturated heterocycles. The van der Waals surface area contributed by atoms with Gasteiger partial charge in [-0.05, 0) is 44.0 Å². The summed E-state index contributed by atoms with van der Waals surface area (Å²) in [6, 6.07) is 8.17. The smallest absolute Gasteiger partial charge is 0.304 e. The Morgan fingerprint density at radius 1 is 1.35 bits per heavy atom. The van der Waals surface area contributed by atoms with Crippen LogP contribution in [0.1, 0.15) is 30.4 Å². The first-order valence-corrected chi connectivity index (χ1v) is 6.13. The fourth-order valence-electron chi connectivity index (χ4n) is 2.90. The summed E-state index contributed by atoms with van der Waals surface area (Å²) in [5, 5.41) is 12.5. The molecule has 0 radical (unpaired) electrons. The van der Waals surface area contributed by atoms with Crippen LogP contribution in [-0.2, 0) is 10.2 Å². The fraction of sp³-hybridized carbons (Fsp3) is 0.500. The molecule has 1 aliphatic heterocycles. The maximum atomic E-state index is 11.1. The molecule has 2 N–H and O–H groups in total. The van der Waals surface area contributed by atoms with Crippen LogP contribution < -0.4 is 5.32 Å². The van der Waals surface area contributed by atoms with Crippen molar-refractivity contribution in [3.05, 3.63) is 35.4 Å². The van der Waals surface area contributed by atoms with E-state index in [1.54, 1.807) is 0 Å². The summed E-state index contributed by atoms with van der Waals surface area (Å²) >= 11 is 0. The lowest BCUT2D eigenvalue weighted by Gasteiger charge is -2.38. The van der Waals surface area contributed by atoms with Crippen molar-refractivity contribution in [1.82, 2.24) is 5.32 Å². The molecule has 0 aromatic heterocycles. The van der Waals surface area contributed by atoms with Gasteiger partial charge in [-0.2, -0.15) is 0 Å². The molecule has 1 fully saturated rings. The zero-order chi connectivity index (χ0) is 12.3. The normalized spacial score (nSPS) is 18.9. The van der Waals surface area contributed by atoms with Crippen molar-refractivity contribution in [2.24, 2.45) is 0 Å². The Hall–Kier alpha value is -1.35. The monoisotopic (exact) mass is 233 g/mol. The largest absolute Gasteiger partial charge is 0.481 e. The second kappa shape index (κ2) is 4.88. The van der Waals surface area contributed by atoms with E-state index < -0.39 is 5.97 Å². The first kappa shape index (κ1) is 12.1. The van der Waals surface area contributed by atoms with Crippen LogP contribution in [0.4, 0.5) is 0 Å². The molecule has 17 heavy (non-hydrogen) atoms. The minimum Gasteiger partial charge on any atom is -0.481 e. The van der Waals surface area contributed by atoms with Crippen molar-refractivity contribution in [3.8, 4) is 0 Å². The number of rotatable bonds is 3. The number of carbonyl (C=O) groups is 1. The molecular weight excluding hydrogens is 214 g/mol. The molecule has 1 aliphatic rings. The first-order valence-electron chi connectivity index (χ1n) is 6.13. The highest BCUT2D eigenvalue weighted by molar-refractivity contribution is 5.69. The van der Waals surface area contributed by atoms with Crippen LogP contribution in [0.2, 0.25) is 0 Å². The van der Waals surface area contributed by atoms with E-state index in [0.717, 1.165) is 25.9 Å². The lowest BCUT2D eigenvalue weighted by Crippen LogP contribution is -2.41. The minimum absolute atomic E-state index is 0.178. The van der Waals surface area contributed by atoms with E-state index >= 15 is 0 Å². The van der Waals surface area contributed by atoms with Crippen LogP contribution in [0, 0.1) is 6.92 Å². The molecule has 0 atom stereocenters. The molecule has 0 spiro atoms. The molecule has 1 aromatic rings. The van der Waals surface area contributed by atoms with Gasteiger partial charge >= 0.3 is 5.97 Å². The van der Waals surface area contributed by atoms with Gasteiger partial charge in [-0.25, -0.2) is 0 Å². The maximum absolute atomic E-state index is 11.1. The number of carboxylic acids is 1. The minimum atomic E-state index is -0.699. The predicted octanol–water partition coefficient (Wildman–Crippen LogP) is 2.09. The highest BCUT2D eigenvalue weighted by Gasteiger charge is 2.36. The van der Waals surface area contributed by atoms with Crippen LogP contribution in [0.3, 0.4) is 0 Å². The van der Waals surface area contributed by atoms with Crippen LogP contribution in [0.25, 0.3) is 0 Å². The third-order valence-electron chi connectivity index (χ3n) is 3.77. The van der Waals surface area contributed by atoms with Gasteiger partial charge in [-0.3, -0.25) is 4.79 Å². The Kier molecular flexibility index (Phi) is 3.48. The number of aryl methyl sites for hydroxylation is 1. The molecule has 0 aliphatic carbocycles. The van der Waals surface area contributed by atoms with Gasteiger partial charge in [0.25, 0.3) is 0 Å². The molecule has 3 nitrogen and oxygen atoms in total. The van der Waals surface area contributed by atoms with Gasteiger partial charge in [0.05, 0.1) is 6.42 Å². The topological polar surface area (TPSA) is 49.3 Å². The fourth-order valence-corrected chi connectivity index (χ4v) is 2.90. The summed E-state index contributed by atoms with van der Waals surface area (Å²) in [4.78, 5) is 11.1. The number of benzene rings is 1. The van der Waals surface area contributed by atoms with E-state index in [1.807, 2.05) is 12.1 Å². The lowest BCUT2D eigenvalue weighted by molar-refractivity contribution is -0.138. The Balaban J connectivity index is 2.39. The Morgan fingerprint density at radius 3 is 2.59 bits per heavy atom. The Bertz CT molecular complexity index is 408. The average Bonchev–Trinajstić information content (AvgIpc) is 2.29. The summed E-state index contributed by atoms with van der Waals surface area (Å²) in [7, 11) is 0. The predicted molar refractivity (Wildman–Crippen MR) is 67.2 cm³/mol. The van der Waals surface area contributed by atoms with Gasteiger partial charge in [0.15, 0.2) is 0 Å². The van der Waals surface area contributed by atoms with Crippen LogP contribution in [-0.4, -0.2) is 24.2 Å². The van der Waals surface area contributed by atoms with Crippen molar-refractivity contribution in [1.29, 1.82) is 0 Å². The van der Waals surface area contributed by atoms with Gasteiger partial charge in [0.1, 0.15) is 0 Å². The van der Waals surface area contributed by atoms with E-state index in [1.165, 1.54) is 11.1 Å². The van der Waals surface area contributed by atoms with Crippen LogP contribution >= 0.6 is 0 Å². The van der Waals surface area contributed by atoms with E-state index in [4.69, 9.17) is 5.11 Å². The van der Waals surface area contributed by atoms with Gasteiger partial charge in [0, 0.05) is 5.41 Å². The number of hydrogen-bond acceptors (Lipinski definition) is 2. The van der Waals surface area contributed by atoms with Crippen LogP contribution in [0.5, 0.6) is 0 Å². The number of carboxylic acid groups (broad SMARTS) is 1. The Morgan fingerprint density at radius 2 is 2.00 bits per heavy atom. The van der Waals surface area contributed by atoms with E-state index in [-0.39, 0.29) is 11.8 Å². The summed E-state index contributed by atoms with van der Waals surface area (Å²) in [6.45, 7) is 3.88. The van der Waals surface area contributed by atoms with Crippen molar-refractivity contribution in [3.63, 3.8) is 0 Å². The first-order chi connectivity index (χ1) is 8.14. The second-order valence-electron chi connectivity index (χ2n) is 4.92. The summed E-state index contributed by atoms with van der Waals surface area (Å²) in [6.07, 6.45) is 2.05. The molecule has 92 valence electrons. The van der Waals surface area contributed by atoms with Crippen LogP contribution in [0.15, 0.2) is 24.3 Å². The number of piperidine rings is 1. The zero-order valence-electron chi connectivity index (χ0n) is 10.2. The van der Waals surface area contributed by atoms with Crippen molar-refractivity contribution in [2.75, 3.05) is 13.1 Å². The molecule has 2 rings (SSSR count). The average molecular weight is 233 g/mol. The molecule has 0 saturated carbocycles. The third-order valence-corrected chi connectivity index (χ3v) is 3.77. The zero-order valence-corrected chi connectivity index (χ0v) is 10.2. The van der Waals surface area contributed by atoms with Crippen molar-refractivity contribution in [2.45, 2.75) is 31.6 Å².